The Morgan fingerprint density at radius 2 is 1.45 bits per heavy atom. The molecule has 8 heteroatoms. The van der Waals surface area contributed by atoms with Gasteiger partial charge in [-0.2, -0.15) is 0 Å². The van der Waals surface area contributed by atoms with Gasteiger partial charge in [-0.15, -0.1) is 0 Å². The number of aliphatic hydroxyl groups excluding tert-OH is 1. The van der Waals surface area contributed by atoms with E-state index in [2.05, 4.69) is 48.3 Å². The Hall–Kier alpha value is -2.84. The summed E-state index contributed by atoms with van der Waals surface area (Å²) in [7, 11) is 0. The van der Waals surface area contributed by atoms with Gasteiger partial charge in [-0.25, -0.2) is 0 Å². The first-order valence-corrected chi connectivity index (χ1v) is 14.5. The lowest BCUT2D eigenvalue weighted by Gasteiger charge is -2.25. The van der Waals surface area contributed by atoms with Crippen LogP contribution < -0.4 is 15.4 Å². The van der Waals surface area contributed by atoms with Gasteiger partial charge < -0.3 is 30.3 Å². The fourth-order valence-electron chi connectivity index (χ4n) is 4.14. The van der Waals surface area contributed by atoms with Gasteiger partial charge in [0, 0.05) is 62.8 Å². The van der Waals surface area contributed by atoms with Crippen LogP contribution in [0.3, 0.4) is 0 Å². The molecule has 40 heavy (non-hydrogen) atoms. The van der Waals surface area contributed by atoms with Gasteiger partial charge in [-0.1, -0.05) is 33.8 Å². The fraction of sp³-hybridized carbons (Fsp3) is 0.625. The number of nitrogens with zero attached hydrogens (tertiary/aromatic N) is 2. The minimum Gasteiger partial charge on any atom is -0.504 e. The third kappa shape index (κ3) is 12.1. The summed E-state index contributed by atoms with van der Waals surface area (Å²) in [5.74, 6) is 1.38. The predicted octanol–water partition coefficient (Wildman–Crippen LogP) is 5.82. The van der Waals surface area contributed by atoms with Crippen molar-refractivity contribution in [2.75, 3.05) is 39.3 Å². The molecular weight excluding hydrogens is 504 g/mol. The highest BCUT2D eigenvalue weighted by Crippen LogP contribution is 2.30. The standard InChI is InChI=1S/C32H52N4O4/c1-23(2)39-27-13-9-11-25(29(27)37)17-35-21-31(5,6)19-33-15-16-34-20-32(7,8)22-36-18-26-12-10-14-28(30(26)38)40-24(3)4/h9,11,13-14,17-18,23-24,33-34,37-38H,10,12,15-16,19-22H2,1-8H3/b35-17+,36-18+. The van der Waals surface area contributed by atoms with Crippen LogP contribution >= 0.6 is 0 Å². The van der Waals surface area contributed by atoms with E-state index >= 15 is 0 Å². The molecule has 0 fully saturated rings. The molecule has 4 N–H and O–H groups in total. The maximum absolute atomic E-state index is 10.5. The van der Waals surface area contributed by atoms with E-state index in [1.807, 2.05) is 45.9 Å². The topological polar surface area (TPSA) is 108 Å². The van der Waals surface area contributed by atoms with E-state index in [1.165, 1.54) is 0 Å². The third-order valence-corrected chi connectivity index (χ3v) is 6.24. The summed E-state index contributed by atoms with van der Waals surface area (Å²) in [6, 6.07) is 5.46. The molecule has 0 radical (unpaired) electrons. The summed E-state index contributed by atoms with van der Waals surface area (Å²) < 4.78 is 11.3. The normalized spacial score (nSPS) is 15.1. The number of aliphatic imine (C=N–C) groups is 2. The number of phenols is 1. The smallest absolute Gasteiger partial charge is 0.166 e. The molecule has 0 atom stereocenters. The van der Waals surface area contributed by atoms with Crippen molar-refractivity contribution in [3.05, 3.63) is 46.9 Å². The molecule has 224 valence electrons. The van der Waals surface area contributed by atoms with E-state index in [4.69, 9.17) is 9.47 Å². The Balaban J connectivity index is 1.69. The fourth-order valence-corrected chi connectivity index (χ4v) is 4.14. The number of hydrogen-bond donors (Lipinski definition) is 4. The van der Waals surface area contributed by atoms with Crippen LogP contribution in [0.1, 0.15) is 73.8 Å². The number of benzene rings is 1. The first-order chi connectivity index (χ1) is 18.8. The van der Waals surface area contributed by atoms with Crippen molar-refractivity contribution in [2.24, 2.45) is 20.8 Å². The Kier molecular flexibility index (Phi) is 13.2. The minimum absolute atomic E-state index is 0.00596. The van der Waals surface area contributed by atoms with Crippen LogP contribution in [0.5, 0.6) is 11.5 Å². The van der Waals surface area contributed by atoms with Gasteiger partial charge in [0.15, 0.2) is 23.0 Å². The zero-order valence-corrected chi connectivity index (χ0v) is 25.9. The van der Waals surface area contributed by atoms with Gasteiger partial charge in [-0.3, -0.25) is 9.98 Å². The summed E-state index contributed by atoms with van der Waals surface area (Å²) in [5.41, 5.74) is 1.46. The molecule has 0 spiro atoms. The van der Waals surface area contributed by atoms with Gasteiger partial charge in [0.2, 0.25) is 0 Å². The summed E-state index contributed by atoms with van der Waals surface area (Å²) in [4.78, 5) is 9.22. The van der Waals surface area contributed by atoms with E-state index < -0.39 is 0 Å². The van der Waals surface area contributed by atoms with Crippen LogP contribution in [0.2, 0.25) is 0 Å². The molecule has 0 saturated heterocycles. The quantitative estimate of drug-likeness (QED) is 0.142. The highest BCUT2D eigenvalue weighted by atomic mass is 16.5. The van der Waals surface area contributed by atoms with Gasteiger partial charge in [-0.05, 0) is 69.6 Å². The van der Waals surface area contributed by atoms with Gasteiger partial charge in [0.1, 0.15) is 0 Å². The van der Waals surface area contributed by atoms with Crippen molar-refractivity contribution in [1.82, 2.24) is 10.6 Å². The van der Waals surface area contributed by atoms with Crippen LogP contribution in [0, 0.1) is 10.8 Å². The van der Waals surface area contributed by atoms with E-state index in [1.54, 1.807) is 18.5 Å². The number of aliphatic hydroxyl groups is 1. The van der Waals surface area contributed by atoms with Gasteiger partial charge in [0.25, 0.3) is 0 Å². The second-order valence-electron chi connectivity index (χ2n) is 12.6. The molecule has 0 unspecified atom stereocenters. The summed E-state index contributed by atoms with van der Waals surface area (Å²) >= 11 is 0. The number of aromatic hydroxyl groups is 1. The molecule has 1 aliphatic carbocycles. The summed E-state index contributed by atoms with van der Waals surface area (Å²) in [5, 5.41) is 28.0. The van der Waals surface area contributed by atoms with Crippen molar-refractivity contribution in [3.63, 3.8) is 0 Å². The largest absolute Gasteiger partial charge is 0.504 e. The lowest BCUT2D eigenvalue weighted by Crippen LogP contribution is -2.39. The monoisotopic (exact) mass is 556 g/mol. The van der Waals surface area contributed by atoms with E-state index in [-0.39, 0.29) is 34.5 Å². The lowest BCUT2D eigenvalue weighted by molar-refractivity contribution is 0.133. The highest BCUT2D eigenvalue weighted by Gasteiger charge is 2.20. The third-order valence-electron chi connectivity index (χ3n) is 6.24. The van der Waals surface area contributed by atoms with E-state index in [9.17, 15) is 10.2 Å². The average Bonchev–Trinajstić information content (AvgIpc) is 2.85. The zero-order valence-electron chi connectivity index (χ0n) is 25.9. The molecule has 2 rings (SSSR count). The number of nitrogens with one attached hydrogen (secondary N) is 2. The molecular formula is C32H52N4O4. The molecule has 0 bridgehead atoms. The number of phenolic OH excluding ortho intramolecular Hbond substituents is 1. The lowest BCUT2D eigenvalue weighted by atomic mass is 9.93. The second-order valence-corrected chi connectivity index (χ2v) is 12.6. The van der Waals surface area contributed by atoms with Gasteiger partial charge in [0.05, 0.1) is 12.2 Å². The predicted molar refractivity (Wildman–Crippen MR) is 166 cm³/mol. The van der Waals surface area contributed by atoms with Crippen LogP contribution in [0.4, 0.5) is 0 Å². The molecule has 0 aliphatic heterocycles. The van der Waals surface area contributed by atoms with Crippen LogP contribution in [0.15, 0.2) is 51.4 Å². The molecule has 1 aromatic carbocycles. The number of allylic oxidation sites excluding steroid dienone is 2. The minimum atomic E-state index is -0.0270. The number of ether oxygens (including phenoxy) is 2. The summed E-state index contributed by atoms with van der Waals surface area (Å²) in [6.07, 6.45) is 7.11. The summed E-state index contributed by atoms with van der Waals surface area (Å²) in [6.45, 7) is 21.2. The first kappa shape index (κ1) is 33.4. The Labute approximate surface area is 241 Å². The molecule has 8 nitrogen and oxygen atoms in total. The van der Waals surface area contributed by atoms with E-state index in [0.717, 1.165) is 44.6 Å². The maximum Gasteiger partial charge on any atom is 0.166 e. The van der Waals surface area contributed by atoms with Crippen LogP contribution in [0.25, 0.3) is 0 Å². The molecule has 0 saturated carbocycles. The molecule has 0 amide bonds. The average molecular weight is 557 g/mol. The maximum atomic E-state index is 10.5. The van der Waals surface area contributed by atoms with Gasteiger partial charge >= 0.3 is 0 Å². The second kappa shape index (κ2) is 15.8. The number of rotatable bonds is 17. The van der Waals surface area contributed by atoms with E-state index in [0.29, 0.717) is 30.2 Å². The van der Waals surface area contributed by atoms with Crippen LogP contribution in [-0.2, 0) is 4.74 Å². The highest BCUT2D eigenvalue weighted by molar-refractivity contribution is 5.84. The molecule has 1 aliphatic rings. The zero-order chi connectivity index (χ0) is 29.8. The van der Waals surface area contributed by atoms with Crippen molar-refractivity contribution in [2.45, 2.75) is 80.4 Å². The SMILES string of the molecule is CC(C)OC1=CCCC(/C=N/CC(C)(C)CNCCNCC(C)(C)C/N=C/c2cccc(OC(C)C)c2O)=C1O. The first-order valence-electron chi connectivity index (χ1n) is 14.5. The Bertz CT molecular complexity index is 1050. The molecule has 1 aromatic rings. The Morgan fingerprint density at radius 3 is 2.02 bits per heavy atom. The number of para-hydroxylation sites is 1. The number of hydrogen-bond acceptors (Lipinski definition) is 8. The van der Waals surface area contributed by atoms with Crippen molar-refractivity contribution in [1.29, 1.82) is 0 Å². The van der Waals surface area contributed by atoms with Crippen LogP contribution in [-0.4, -0.2) is 74.1 Å². The van der Waals surface area contributed by atoms with Crippen molar-refractivity contribution in [3.8, 4) is 11.5 Å². The molecule has 0 heterocycles. The van der Waals surface area contributed by atoms with Crippen molar-refractivity contribution < 1.29 is 19.7 Å². The Morgan fingerprint density at radius 1 is 0.875 bits per heavy atom. The van der Waals surface area contributed by atoms with Crippen molar-refractivity contribution >= 4 is 12.4 Å². The molecule has 0 aromatic heterocycles.